The van der Waals surface area contributed by atoms with Crippen LogP contribution in [0.15, 0.2) is 33.5 Å². The molecular weight excluding hydrogens is 364 g/mol. The molecule has 0 saturated heterocycles. The largest absolute Gasteiger partial charge is 0.480 e. The molecule has 23 heavy (non-hydrogen) atoms. The summed E-state index contributed by atoms with van der Waals surface area (Å²) < 4.78 is 0.651. The van der Waals surface area contributed by atoms with Crippen molar-refractivity contribution in [3.8, 4) is 0 Å². The fourth-order valence-electron chi connectivity index (χ4n) is 2.33. The number of carbonyl (C=O) groups is 2. The highest BCUT2D eigenvalue weighted by atomic mass is 79.9. The molecule has 0 radical (unpaired) electrons. The van der Waals surface area contributed by atoms with E-state index in [1.807, 2.05) is 6.92 Å². The number of amides is 1. The molecule has 0 aliphatic heterocycles. The summed E-state index contributed by atoms with van der Waals surface area (Å²) in [5, 5.41) is 12.4. The first kappa shape index (κ1) is 17.2. The number of rotatable bonds is 5. The first-order valence-electron chi connectivity index (χ1n) is 7.20. The van der Waals surface area contributed by atoms with Crippen molar-refractivity contribution in [2.75, 3.05) is 0 Å². The van der Waals surface area contributed by atoms with Gasteiger partial charge in [-0.25, -0.2) is 4.79 Å². The Kier molecular flexibility index (Phi) is 5.20. The number of para-hydroxylation sites is 1. The molecule has 0 aliphatic rings. The quantitative estimate of drug-likeness (QED) is 0.741. The van der Waals surface area contributed by atoms with Crippen LogP contribution in [0.1, 0.15) is 30.6 Å². The number of H-pyrrole nitrogens is 1. The molecule has 1 aromatic heterocycles. The molecule has 1 amide bonds. The molecule has 7 heteroatoms. The van der Waals surface area contributed by atoms with Crippen LogP contribution in [-0.2, 0) is 4.79 Å². The summed E-state index contributed by atoms with van der Waals surface area (Å²) in [6, 6.07) is 5.36. The molecule has 2 atom stereocenters. The van der Waals surface area contributed by atoms with Gasteiger partial charge in [0.1, 0.15) is 6.04 Å². The Labute approximate surface area is 141 Å². The molecule has 0 fully saturated rings. The number of benzene rings is 1. The summed E-state index contributed by atoms with van der Waals surface area (Å²) in [4.78, 5) is 38.3. The van der Waals surface area contributed by atoms with Gasteiger partial charge in [-0.15, -0.1) is 0 Å². The van der Waals surface area contributed by atoms with E-state index >= 15 is 0 Å². The number of carboxylic acid groups (broad SMARTS) is 1. The summed E-state index contributed by atoms with van der Waals surface area (Å²) >= 11 is 3.33. The lowest BCUT2D eigenvalue weighted by atomic mass is 9.98. The van der Waals surface area contributed by atoms with Crippen LogP contribution in [-0.4, -0.2) is 28.0 Å². The molecule has 0 saturated carbocycles. The third kappa shape index (κ3) is 3.61. The summed E-state index contributed by atoms with van der Waals surface area (Å²) in [5.74, 6) is -1.90. The van der Waals surface area contributed by atoms with Gasteiger partial charge in [0.05, 0.1) is 11.1 Å². The van der Waals surface area contributed by atoms with Gasteiger partial charge in [-0.1, -0.05) is 32.4 Å². The summed E-state index contributed by atoms with van der Waals surface area (Å²) in [6.07, 6.45) is 0.610. The normalized spacial score (nSPS) is 13.5. The number of fused-ring (bicyclic) bond motifs is 1. The van der Waals surface area contributed by atoms with Gasteiger partial charge in [0.25, 0.3) is 5.91 Å². The maximum Gasteiger partial charge on any atom is 0.326 e. The molecule has 122 valence electrons. The van der Waals surface area contributed by atoms with Crippen molar-refractivity contribution in [2.45, 2.75) is 26.3 Å². The van der Waals surface area contributed by atoms with E-state index in [-0.39, 0.29) is 11.5 Å². The van der Waals surface area contributed by atoms with E-state index in [0.29, 0.717) is 21.8 Å². The maximum absolute atomic E-state index is 12.5. The Balaban J connectivity index is 2.47. The van der Waals surface area contributed by atoms with Gasteiger partial charge in [-0.05, 0) is 27.9 Å². The first-order valence-corrected chi connectivity index (χ1v) is 7.99. The van der Waals surface area contributed by atoms with Crippen molar-refractivity contribution >= 4 is 38.7 Å². The van der Waals surface area contributed by atoms with Crippen LogP contribution < -0.4 is 10.9 Å². The number of pyridine rings is 1. The predicted molar refractivity (Wildman–Crippen MR) is 90.6 cm³/mol. The van der Waals surface area contributed by atoms with Crippen molar-refractivity contribution in [3.63, 3.8) is 0 Å². The Morgan fingerprint density at radius 3 is 2.70 bits per heavy atom. The number of hydrogen-bond acceptors (Lipinski definition) is 3. The Bertz CT molecular complexity index is 815. The lowest BCUT2D eigenvalue weighted by Gasteiger charge is -2.20. The highest BCUT2D eigenvalue weighted by Gasteiger charge is 2.26. The number of carboxylic acids is 1. The average molecular weight is 381 g/mol. The number of halogens is 1. The SMILES string of the molecule is CC[C@H](C)[C@H](NC(=O)c1cc(=O)[nH]c2c(Br)cccc12)C(=O)O. The molecule has 1 aromatic carbocycles. The van der Waals surface area contributed by atoms with Crippen LogP contribution in [0.3, 0.4) is 0 Å². The Morgan fingerprint density at radius 1 is 1.39 bits per heavy atom. The Hall–Kier alpha value is -2.15. The molecule has 2 aromatic rings. The first-order chi connectivity index (χ1) is 10.8. The fourth-order valence-corrected chi connectivity index (χ4v) is 2.80. The van der Waals surface area contributed by atoms with Gasteiger partial charge in [-0.3, -0.25) is 9.59 Å². The zero-order valence-corrected chi connectivity index (χ0v) is 14.3. The number of nitrogens with one attached hydrogen (secondary N) is 2. The fraction of sp³-hybridized carbons (Fsp3) is 0.312. The summed E-state index contributed by atoms with van der Waals surface area (Å²) in [7, 11) is 0. The van der Waals surface area contributed by atoms with Gasteiger partial charge >= 0.3 is 5.97 Å². The van der Waals surface area contributed by atoms with Crippen LogP contribution in [0.4, 0.5) is 0 Å². The van der Waals surface area contributed by atoms with Gasteiger partial charge in [-0.2, -0.15) is 0 Å². The molecule has 6 nitrogen and oxygen atoms in total. The van der Waals surface area contributed by atoms with Crippen molar-refractivity contribution in [3.05, 3.63) is 44.7 Å². The van der Waals surface area contributed by atoms with E-state index in [2.05, 4.69) is 26.2 Å². The minimum absolute atomic E-state index is 0.152. The second-order valence-electron chi connectivity index (χ2n) is 5.38. The zero-order chi connectivity index (χ0) is 17.1. The predicted octanol–water partition coefficient (Wildman–Crippen LogP) is 2.52. The Morgan fingerprint density at radius 2 is 2.09 bits per heavy atom. The monoisotopic (exact) mass is 380 g/mol. The van der Waals surface area contributed by atoms with Crippen LogP contribution >= 0.6 is 15.9 Å². The maximum atomic E-state index is 12.5. The van der Waals surface area contributed by atoms with Crippen LogP contribution in [0.5, 0.6) is 0 Å². The van der Waals surface area contributed by atoms with E-state index in [9.17, 15) is 19.5 Å². The number of carbonyl (C=O) groups excluding carboxylic acids is 1. The highest BCUT2D eigenvalue weighted by molar-refractivity contribution is 9.10. The third-order valence-corrected chi connectivity index (χ3v) is 4.50. The van der Waals surface area contributed by atoms with E-state index in [4.69, 9.17) is 0 Å². The van der Waals surface area contributed by atoms with Crippen molar-refractivity contribution in [1.29, 1.82) is 0 Å². The summed E-state index contributed by atoms with van der Waals surface area (Å²) in [5.41, 5.74) is 0.227. The van der Waals surface area contributed by atoms with Gasteiger partial charge < -0.3 is 15.4 Å². The second kappa shape index (κ2) is 6.95. The third-order valence-electron chi connectivity index (χ3n) is 3.84. The minimum atomic E-state index is -1.09. The smallest absolute Gasteiger partial charge is 0.326 e. The zero-order valence-electron chi connectivity index (χ0n) is 12.7. The van der Waals surface area contributed by atoms with Crippen LogP contribution in [0, 0.1) is 5.92 Å². The van der Waals surface area contributed by atoms with Crippen molar-refractivity contribution in [2.24, 2.45) is 5.92 Å². The molecule has 1 heterocycles. The van der Waals surface area contributed by atoms with Gasteiger partial charge in [0.2, 0.25) is 5.56 Å². The van der Waals surface area contributed by atoms with Gasteiger partial charge in [0.15, 0.2) is 0 Å². The van der Waals surface area contributed by atoms with Gasteiger partial charge in [0, 0.05) is 15.9 Å². The average Bonchev–Trinajstić information content (AvgIpc) is 2.51. The van der Waals surface area contributed by atoms with E-state index in [0.717, 1.165) is 0 Å². The lowest BCUT2D eigenvalue weighted by Crippen LogP contribution is -2.45. The van der Waals surface area contributed by atoms with Crippen LogP contribution in [0.2, 0.25) is 0 Å². The molecule has 2 rings (SSSR count). The standard InChI is InChI=1S/C16H17BrN2O4/c1-3-8(2)13(16(22)23)19-15(21)10-7-12(20)18-14-9(10)5-4-6-11(14)17/h4-8,13H,3H2,1-2H3,(H,18,20)(H,19,21)(H,22,23)/t8-,13-/m0/s1. The summed E-state index contributed by atoms with van der Waals surface area (Å²) in [6.45, 7) is 3.61. The van der Waals surface area contributed by atoms with Crippen LogP contribution in [0.25, 0.3) is 10.9 Å². The molecule has 3 N–H and O–H groups in total. The molecule has 0 unspecified atom stereocenters. The molecule has 0 spiro atoms. The van der Waals surface area contributed by atoms with Crippen molar-refractivity contribution in [1.82, 2.24) is 10.3 Å². The molecule has 0 bridgehead atoms. The topological polar surface area (TPSA) is 99.3 Å². The molecular formula is C16H17BrN2O4. The second-order valence-corrected chi connectivity index (χ2v) is 6.24. The number of aliphatic carboxylic acids is 1. The van der Waals surface area contributed by atoms with E-state index < -0.39 is 23.5 Å². The van der Waals surface area contributed by atoms with E-state index in [1.165, 1.54) is 6.07 Å². The number of aromatic nitrogens is 1. The number of aromatic amines is 1. The minimum Gasteiger partial charge on any atom is -0.480 e. The van der Waals surface area contributed by atoms with E-state index in [1.54, 1.807) is 25.1 Å². The highest BCUT2D eigenvalue weighted by Crippen LogP contribution is 2.23. The number of hydrogen-bond donors (Lipinski definition) is 3. The van der Waals surface area contributed by atoms with Crippen molar-refractivity contribution < 1.29 is 14.7 Å². The molecule has 0 aliphatic carbocycles. The lowest BCUT2D eigenvalue weighted by molar-refractivity contribution is -0.140.